The molecular formula is C26H33ClN2O3. The molecule has 1 aliphatic carbocycles. The third-order valence-electron chi connectivity index (χ3n) is 6.12. The van der Waals surface area contributed by atoms with Crippen molar-refractivity contribution in [3.05, 3.63) is 65.2 Å². The van der Waals surface area contributed by atoms with E-state index in [1.165, 1.54) is 12.8 Å². The van der Waals surface area contributed by atoms with Crippen molar-refractivity contribution in [2.45, 2.75) is 64.1 Å². The summed E-state index contributed by atoms with van der Waals surface area (Å²) in [6.45, 7) is 2.23. The van der Waals surface area contributed by atoms with Gasteiger partial charge in [0.1, 0.15) is 17.7 Å². The molecule has 0 bridgehead atoms. The molecular weight excluding hydrogens is 424 g/mol. The van der Waals surface area contributed by atoms with Gasteiger partial charge in [-0.1, -0.05) is 73.7 Å². The predicted molar refractivity (Wildman–Crippen MR) is 128 cm³/mol. The van der Waals surface area contributed by atoms with Gasteiger partial charge in [0.15, 0.2) is 0 Å². The molecule has 3 rings (SSSR count). The highest BCUT2D eigenvalue weighted by Crippen LogP contribution is 2.28. The van der Waals surface area contributed by atoms with E-state index >= 15 is 0 Å². The molecule has 1 fully saturated rings. The van der Waals surface area contributed by atoms with Crippen molar-refractivity contribution in [3.8, 4) is 5.75 Å². The number of methoxy groups -OCH3 is 1. The fraction of sp³-hybridized carbons (Fsp3) is 0.462. The predicted octanol–water partition coefficient (Wildman–Crippen LogP) is 5.15. The molecule has 2 aromatic carbocycles. The Hall–Kier alpha value is -2.53. The van der Waals surface area contributed by atoms with Crippen LogP contribution < -0.4 is 10.1 Å². The number of ether oxygens (including phenoxy) is 1. The zero-order chi connectivity index (χ0) is 22.9. The molecule has 2 aromatic rings. The first-order chi connectivity index (χ1) is 15.5. The quantitative estimate of drug-likeness (QED) is 0.441. The van der Waals surface area contributed by atoms with Gasteiger partial charge >= 0.3 is 0 Å². The molecule has 1 atom stereocenters. The zero-order valence-electron chi connectivity index (χ0n) is 19.0. The minimum absolute atomic E-state index is 0.136. The van der Waals surface area contributed by atoms with Crippen molar-refractivity contribution in [1.82, 2.24) is 10.2 Å². The second-order valence-corrected chi connectivity index (χ2v) is 8.74. The number of hydrogen-bond donors (Lipinski definition) is 1. The Labute approximate surface area is 196 Å². The van der Waals surface area contributed by atoms with E-state index in [9.17, 15) is 9.59 Å². The maximum absolute atomic E-state index is 13.6. The Balaban J connectivity index is 1.96. The van der Waals surface area contributed by atoms with Gasteiger partial charge in [0.25, 0.3) is 0 Å². The van der Waals surface area contributed by atoms with Gasteiger partial charge in [-0.3, -0.25) is 9.59 Å². The van der Waals surface area contributed by atoms with Crippen molar-refractivity contribution in [2.75, 3.05) is 13.0 Å². The largest absolute Gasteiger partial charge is 0.496 e. The van der Waals surface area contributed by atoms with E-state index in [0.717, 1.165) is 42.4 Å². The van der Waals surface area contributed by atoms with Gasteiger partial charge in [-0.05, 0) is 31.4 Å². The SMILES string of the molecule is COc1ccccc1CN(C(=O)CCl)[C@@H](C(=O)NC1CCCCCC1)c1ccc(C)cc1. The number of carbonyl (C=O) groups excluding carboxylic acids is 2. The van der Waals surface area contributed by atoms with E-state index in [1.807, 2.05) is 55.5 Å². The standard InChI is InChI=1S/C26H33ClN2O3/c1-19-13-15-20(16-14-19)25(26(31)28-22-10-5-3-4-6-11-22)29(24(30)17-27)18-21-9-7-8-12-23(21)32-2/h7-9,12-16,22,25H,3-6,10-11,17-18H2,1-2H3,(H,28,31)/t25-/m1/s1. The van der Waals surface area contributed by atoms with E-state index in [2.05, 4.69) is 5.32 Å². The van der Waals surface area contributed by atoms with Crippen molar-refractivity contribution < 1.29 is 14.3 Å². The fourth-order valence-corrected chi connectivity index (χ4v) is 4.50. The van der Waals surface area contributed by atoms with Crippen LogP contribution in [0.4, 0.5) is 0 Å². The third-order valence-corrected chi connectivity index (χ3v) is 6.35. The lowest BCUT2D eigenvalue weighted by atomic mass is 10.00. The molecule has 6 heteroatoms. The molecule has 0 unspecified atom stereocenters. The number of halogens is 1. The highest BCUT2D eigenvalue weighted by Gasteiger charge is 2.33. The van der Waals surface area contributed by atoms with E-state index in [4.69, 9.17) is 16.3 Å². The fourth-order valence-electron chi connectivity index (χ4n) is 4.34. The molecule has 2 amide bonds. The Kier molecular flexibility index (Phi) is 8.98. The van der Waals surface area contributed by atoms with Crippen LogP contribution in [0.2, 0.25) is 0 Å². The number of nitrogens with one attached hydrogen (secondary N) is 1. The second-order valence-electron chi connectivity index (χ2n) is 8.48. The molecule has 0 saturated heterocycles. The molecule has 0 spiro atoms. The third kappa shape index (κ3) is 6.26. The average Bonchev–Trinajstić information content (AvgIpc) is 3.08. The number of alkyl halides is 1. The summed E-state index contributed by atoms with van der Waals surface area (Å²) in [4.78, 5) is 28.2. The van der Waals surface area contributed by atoms with Gasteiger partial charge in [-0.15, -0.1) is 11.6 Å². The topological polar surface area (TPSA) is 58.6 Å². The Morgan fingerprint density at radius 3 is 2.34 bits per heavy atom. The van der Waals surface area contributed by atoms with Gasteiger partial charge in [0, 0.05) is 11.6 Å². The minimum Gasteiger partial charge on any atom is -0.496 e. The lowest BCUT2D eigenvalue weighted by Gasteiger charge is -2.32. The molecule has 0 aliphatic heterocycles. The summed E-state index contributed by atoms with van der Waals surface area (Å²) in [5.41, 5.74) is 2.69. The maximum atomic E-state index is 13.6. The van der Waals surface area contributed by atoms with E-state index in [1.54, 1.807) is 12.0 Å². The maximum Gasteiger partial charge on any atom is 0.247 e. The van der Waals surface area contributed by atoms with Crippen molar-refractivity contribution in [1.29, 1.82) is 0 Å². The summed E-state index contributed by atoms with van der Waals surface area (Å²) in [6, 6.07) is 14.7. The Bertz CT molecular complexity index is 892. The van der Waals surface area contributed by atoms with Gasteiger partial charge in [0.05, 0.1) is 13.7 Å². The highest BCUT2D eigenvalue weighted by molar-refractivity contribution is 6.27. The van der Waals surface area contributed by atoms with Gasteiger partial charge in [0.2, 0.25) is 11.8 Å². The first-order valence-corrected chi connectivity index (χ1v) is 11.9. The lowest BCUT2D eigenvalue weighted by Crippen LogP contribution is -2.46. The first-order valence-electron chi connectivity index (χ1n) is 11.4. The van der Waals surface area contributed by atoms with E-state index in [-0.39, 0.29) is 30.3 Å². The summed E-state index contributed by atoms with van der Waals surface area (Å²) in [5.74, 6) is 0.0220. The summed E-state index contributed by atoms with van der Waals surface area (Å²) in [5, 5.41) is 3.24. The number of para-hydroxylation sites is 1. The van der Waals surface area contributed by atoms with Gasteiger partial charge in [-0.2, -0.15) is 0 Å². The number of amides is 2. The van der Waals surface area contributed by atoms with Crippen molar-refractivity contribution in [2.24, 2.45) is 0 Å². The monoisotopic (exact) mass is 456 g/mol. The summed E-state index contributed by atoms with van der Waals surface area (Å²) >= 11 is 6.01. The van der Waals surface area contributed by atoms with E-state index in [0.29, 0.717) is 5.75 Å². The highest BCUT2D eigenvalue weighted by atomic mass is 35.5. The molecule has 32 heavy (non-hydrogen) atoms. The second kappa shape index (κ2) is 11.9. The molecule has 0 radical (unpaired) electrons. The van der Waals surface area contributed by atoms with Crippen LogP contribution in [0.5, 0.6) is 5.75 Å². The summed E-state index contributed by atoms with van der Waals surface area (Å²) < 4.78 is 5.49. The van der Waals surface area contributed by atoms with Gasteiger partial charge in [-0.25, -0.2) is 0 Å². The number of carbonyl (C=O) groups is 2. The normalized spacial score (nSPS) is 15.5. The molecule has 0 aromatic heterocycles. The minimum atomic E-state index is -0.769. The van der Waals surface area contributed by atoms with Crippen LogP contribution >= 0.6 is 11.6 Å². The molecule has 1 saturated carbocycles. The van der Waals surface area contributed by atoms with E-state index < -0.39 is 6.04 Å². The molecule has 1 aliphatic rings. The molecule has 1 N–H and O–H groups in total. The number of nitrogens with zero attached hydrogens (tertiary/aromatic N) is 1. The van der Waals surface area contributed by atoms with Crippen LogP contribution in [0.25, 0.3) is 0 Å². The van der Waals surface area contributed by atoms with Crippen LogP contribution in [0.15, 0.2) is 48.5 Å². The molecule has 172 valence electrons. The summed E-state index contributed by atoms with van der Waals surface area (Å²) in [7, 11) is 1.60. The smallest absolute Gasteiger partial charge is 0.247 e. The lowest BCUT2D eigenvalue weighted by molar-refractivity contribution is -0.140. The van der Waals surface area contributed by atoms with Crippen molar-refractivity contribution >= 4 is 23.4 Å². The first kappa shape index (κ1) is 24.1. The van der Waals surface area contributed by atoms with Crippen LogP contribution in [0, 0.1) is 6.92 Å². The Morgan fingerprint density at radius 2 is 1.72 bits per heavy atom. The van der Waals surface area contributed by atoms with Crippen LogP contribution in [-0.2, 0) is 16.1 Å². The number of benzene rings is 2. The zero-order valence-corrected chi connectivity index (χ0v) is 19.7. The van der Waals surface area contributed by atoms with Crippen LogP contribution in [0.3, 0.4) is 0 Å². The molecule has 0 heterocycles. The van der Waals surface area contributed by atoms with Crippen LogP contribution in [0.1, 0.15) is 61.3 Å². The molecule has 5 nitrogen and oxygen atoms in total. The Morgan fingerprint density at radius 1 is 1.06 bits per heavy atom. The van der Waals surface area contributed by atoms with Crippen molar-refractivity contribution in [3.63, 3.8) is 0 Å². The summed E-state index contributed by atoms with van der Waals surface area (Å²) in [6.07, 6.45) is 6.60. The van der Waals surface area contributed by atoms with Gasteiger partial charge < -0.3 is 15.0 Å². The number of hydrogen-bond acceptors (Lipinski definition) is 3. The number of aryl methyl sites for hydroxylation is 1. The van der Waals surface area contributed by atoms with Crippen LogP contribution in [-0.4, -0.2) is 35.7 Å². The average molecular weight is 457 g/mol. The number of rotatable bonds is 8.